The molecule has 0 fully saturated rings. The van der Waals surface area contributed by atoms with Crippen molar-refractivity contribution in [3.8, 4) is 0 Å². The first kappa shape index (κ1) is 17.3. The van der Waals surface area contributed by atoms with E-state index in [0.29, 0.717) is 5.69 Å². The highest BCUT2D eigenvalue weighted by molar-refractivity contribution is 5.51. The molecule has 0 aliphatic rings. The van der Waals surface area contributed by atoms with Crippen LogP contribution in [-0.2, 0) is 6.18 Å². The first-order valence-electron chi connectivity index (χ1n) is 7.64. The van der Waals surface area contributed by atoms with Gasteiger partial charge in [0.05, 0.1) is 11.3 Å². The van der Waals surface area contributed by atoms with Crippen LogP contribution in [0.2, 0.25) is 0 Å². The molecule has 0 aliphatic heterocycles. The Balaban J connectivity index is 2.47. The lowest BCUT2D eigenvalue weighted by atomic mass is 9.94. The summed E-state index contributed by atoms with van der Waals surface area (Å²) in [5.41, 5.74) is 1.17. The number of fused-ring (bicyclic) bond motifs is 1. The number of pyridine rings is 1. The first-order chi connectivity index (χ1) is 10.9. The molecule has 0 saturated heterocycles. The van der Waals surface area contributed by atoms with Crippen molar-refractivity contribution in [2.45, 2.75) is 45.7 Å². The molecule has 0 aliphatic carbocycles. The fraction of sp³-hybridized carbons (Fsp3) is 0.389. The molecule has 1 atom stereocenters. The molecule has 124 valence electrons. The van der Waals surface area contributed by atoms with E-state index in [0.717, 1.165) is 18.9 Å². The summed E-state index contributed by atoms with van der Waals surface area (Å²) in [4.78, 5) is 4.30. The Morgan fingerprint density at radius 1 is 1.35 bits per heavy atom. The minimum Gasteiger partial charge on any atom is -0.306 e. The molecule has 0 saturated carbocycles. The van der Waals surface area contributed by atoms with E-state index < -0.39 is 11.7 Å². The van der Waals surface area contributed by atoms with Crippen LogP contribution in [0.4, 0.5) is 13.2 Å². The van der Waals surface area contributed by atoms with Gasteiger partial charge in [0, 0.05) is 18.3 Å². The van der Waals surface area contributed by atoms with Crippen molar-refractivity contribution >= 4 is 5.65 Å². The van der Waals surface area contributed by atoms with Crippen LogP contribution in [0.3, 0.4) is 0 Å². The van der Waals surface area contributed by atoms with E-state index in [1.54, 1.807) is 12.4 Å². The quantitative estimate of drug-likeness (QED) is 0.640. The molecule has 0 bridgehead atoms. The highest BCUT2D eigenvalue weighted by atomic mass is 19.4. The average Bonchev–Trinajstić information content (AvgIpc) is 2.93. The fourth-order valence-electron chi connectivity index (χ4n) is 2.57. The van der Waals surface area contributed by atoms with Gasteiger partial charge in [-0.2, -0.15) is 13.2 Å². The summed E-state index contributed by atoms with van der Waals surface area (Å²) in [5.74, 6) is 0.0726. The van der Waals surface area contributed by atoms with Crippen LogP contribution in [0.25, 0.3) is 5.65 Å². The van der Waals surface area contributed by atoms with Gasteiger partial charge in [0.1, 0.15) is 5.65 Å². The zero-order valence-electron chi connectivity index (χ0n) is 13.6. The average molecular weight is 322 g/mol. The number of alkyl halides is 3. The smallest absolute Gasteiger partial charge is 0.306 e. The van der Waals surface area contributed by atoms with Crippen molar-refractivity contribution in [2.75, 3.05) is 0 Å². The normalized spacial score (nSPS) is 14.8. The van der Waals surface area contributed by atoms with Crippen molar-refractivity contribution < 1.29 is 13.2 Å². The molecule has 5 heteroatoms. The van der Waals surface area contributed by atoms with Gasteiger partial charge < -0.3 is 4.40 Å². The van der Waals surface area contributed by atoms with E-state index in [2.05, 4.69) is 4.98 Å². The van der Waals surface area contributed by atoms with E-state index in [9.17, 15) is 13.2 Å². The van der Waals surface area contributed by atoms with Crippen LogP contribution in [0.1, 0.15) is 50.8 Å². The zero-order valence-corrected chi connectivity index (χ0v) is 13.6. The molecular weight excluding hydrogens is 301 g/mol. The number of allylic oxidation sites excluding steroid dienone is 4. The maximum atomic E-state index is 13.1. The lowest BCUT2D eigenvalue weighted by molar-refractivity contribution is -0.136. The highest BCUT2D eigenvalue weighted by Gasteiger charge is 2.34. The summed E-state index contributed by atoms with van der Waals surface area (Å²) in [6.07, 6.45) is 6.47. The summed E-state index contributed by atoms with van der Waals surface area (Å²) < 4.78 is 40.8. The van der Waals surface area contributed by atoms with Crippen LogP contribution in [-0.4, -0.2) is 9.38 Å². The third kappa shape index (κ3) is 4.03. The summed E-state index contributed by atoms with van der Waals surface area (Å²) in [6.45, 7) is 5.93. The zero-order chi connectivity index (χ0) is 17.0. The predicted octanol–water partition coefficient (Wildman–Crippen LogP) is 5.76. The van der Waals surface area contributed by atoms with Crippen LogP contribution < -0.4 is 0 Å². The van der Waals surface area contributed by atoms with Crippen molar-refractivity contribution in [3.05, 3.63) is 59.6 Å². The molecule has 2 aromatic rings. The first-order valence-corrected chi connectivity index (χ1v) is 7.64. The van der Waals surface area contributed by atoms with Crippen molar-refractivity contribution in [1.82, 2.24) is 9.38 Å². The monoisotopic (exact) mass is 322 g/mol. The van der Waals surface area contributed by atoms with Crippen molar-refractivity contribution in [2.24, 2.45) is 0 Å². The Labute approximate surface area is 134 Å². The van der Waals surface area contributed by atoms with Crippen LogP contribution in [0, 0.1) is 0 Å². The third-order valence-corrected chi connectivity index (χ3v) is 3.94. The van der Waals surface area contributed by atoms with Crippen LogP contribution >= 0.6 is 0 Å². The second-order valence-electron chi connectivity index (χ2n) is 5.66. The van der Waals surface area contributed by atoms with Gasteiger partial charge in [-0.05, 0) is 45.7 Å². The van der Waals surface area contributed by atoms with E-state index in [4.69, 9.17) is 0 Å². The second-order valence-corrected chi connectivity index (χ2v) is 5.66. The standard InChI is InChI=1S/C18H21F3N2/c1-4-6-8-14(11-13(3)5-2)16-12-23-10-7-9-15(17(23)22-16)18(19,20)21/h4-7,9-10,12,14H,8,11H2,1-3H3/b6-4-,13-5+. The van der Waals surface area contributed by atoms with Crippen LogP contribution in [0.15, 0.2) is 48.3 Å². The number of hydrogen-bond donors (Lipinski definition) is 0. The molecule has 23 heavy (non-hydrogen) atoms. The van der Waals surface area contributed by atoms with Crippen molar-refractivity contribution in [1.29, 1.82) is 0 Å². The van der Waals surface area contributed by atoms with Gasteiger partial charge in [-0.3, -0.25) is 0 Å². The van der Waals surface area contributed by atoms with Crippen LogP contribution in [0.5, 0.6) is 0 Å². The highest BCUT2D eigenvalue weighted by Crippen LogP contribution is 2.34. The van der Waals surface area contributed by atoms with Gasteiger partial charge in [-0.1, -0.05) is 23.8 Å². The molecule has 0 radical (unpaired) electrons. The Morgan fingerprint density at radius 2 is 2.09 bits per heavy atom. The summed E-state index contributed by atoms with van der Waals surface area (Å²) >= 11 is 0. The minimum absolute atomic E-state index is 0.0291. The molecule has 2 nitrogen and oxygen atoms in total. The molecule has 0 aromatic carbocycles. The fourth-order valence-corrected chi connectivity index (χ4v) is 2.57. The number of hydrogen-bond acceptors (Lipinski definition) is 1. The molecule has 2 aromatic heterocycles. The lowest BCUT2D eigenvalue weighted by Gasteiger charge is -2.12. The summed E-state index contributed by atoms with van der Waals surface area (Å²) in [6, 6.07) is 2.48. The number of rotatable bonds is 5. The SMILES string of the molecule is C/C=C\CC(C/C(C)=C/C)c1cn2cccc(C(F)(F)F)c2n1. The van der Waals surface area contributed by atoms with Gasteiger partial charge >= 0.3 is 6.18 Å². The molecule has 0 spiro atoms. The molecule has 1 unspecified atom stereocenters. The van der Waals surface area contributed by atoms with Crippen molar-refractivity contribution in [3.63, 3.8) is 0 Å². The molecule has 0 amide bonds. The van der Waals surface area contributed by atoms with Gasteiger partial charge in [-0.15, -0.1) is 0 Å². The molecule has 2 rings (SSSR count). The third-order valence-electron chi connectivity index (χ3n) is 3.94. The lowest BCUT2D eigenvalue weighted by Crippen LogP contribution is -2.07. The Kier molecular flexibility index (Phi) is 5.29. The number of nitrogens with zero attached hydrogens (tertiary/aromatic N) is 2. The number of halogens is 3. The Morgan fingerprint density at radius 3 is 2.70 bits per heavy atom. The summed E-state index contributed by atoms with van der Waals surface area (Å²) in [5, 5.41) is 0. The minimum atomic E-state index is -4.40. The maximum Gasteiger partial charge on any atom is 0.419 e. The molecular formula is C18H21F3N2. The Hall–Kier alpha value is -2.04. The van der Waals surface area contributed by atoms with Gasteiger partial charge in [0.15, 0.2) is 0 Å². The summed E-state index contributed by atoms with van der Waals surface area (Å²) in [7, 11) is 0. The maximum absolute atomic E-state index is 13.1. The van der Waals surface area contributed by atoms with E-state index in [-0.39, 0.29) is 11.6 Å². The number of imidazole rings is 1. The Bertz CT molecular complexity index is 723. The van der Waals surface area contributed by atoms with E-state index in [1.807, 2.05) is 39.0 Å². The van der Waals surface area contributed by atoms with E-state index >= 15 is 0 Å². The van der Waals surface area contributed by atoms with Gasteiger partial charge in [-0.25, -0.2) is 4.98 Å². The molecule has 0 N–H and O–H groups in total. The van der Waals surface area contributed by atoms with Gasteiger partial charge in [0.2, 0.25) is 0 Å². The largest absolute Gasteiger partial charge is 0.419 e. The van der Waals surface area contributed by atoms with E-state index in [1.165, 1.54) is 16.0 Å². The topological polar surface area (TPSA) is 17.3 Å². The molecule has 2 heterocycles. The van der Waals surface area contributed by atoms with Gasteiger partial charge in [0.25, 0.3) is 0 Å². The second kappa shape index (κ2) is 7.02. The number of aromatic nitrogens is 2. The predicted molar refractivity (Wildman–Crippen MR) is 86.4 cm³/mol.